The fourth-order valence-electron chi connectivity index (χ4n) is 2.85. The number of pyridine rings is 1. The third-order valence-corrected chi connectivity index (χ3v) is 4.12. The van der Waals surface area contributed by atoms with E-state index < -0.39 is 0 Å². The lowest BCUT2D eigenvalue weighted by Crippen LogP contribution is -1.99. The summed E-state index contributed by atoms with van der Waals surface area (Å²) in [5, 5.41) is -0.197. The zero-order chi connectivity index (χ0) is 16.6. The van der Waals surface area contributed by atoms with Crippen molar-refractivity contribution >= 4 is 17.2 Å². The molecule has 1 aromatic carbocycles. The Balaban J connectivity index is 2.36. The number of ether oxygens (including phenoxy) is 2. The van der Waals surface area contributed by atoms with E-state index in [2.05, 4.69) is 4.40 Å². The standard InChI is InChI=1S/C18H19ClN2O2/c1-11-6-5-7-16-20-17(18(12(2)19)21(11)16)14-10-13(22-3)8-9-15(14)23-4/h5-10,12H,1-4H3. The Morgan fingerprint density at radius 1 is 1.13 bits per heavy atom. The molecule has 3 rings (SSSR count). The van der Waals surface area contributed by atoms with Crippen LogP contribution in [-0.2, 0) is 0 Å². The van der Waals surface area contributed by atoms with Crippen LogP contribution in [0, 0.1) is 6.92 Å². The molecule has 0 saturated heterocycles. The first-order valence-electron chi connectivity index (χ1n) is 7.41. The highest BCUT2D eigenvalue weighted by atomic mass is 35.5. The number of imidazole rings is 1. The predicted molar refractivity (Wildman–Crippen MR) is 92.7 cm³/mol. The summed E-state index contributed by atoms with van der Waals surface area (Å²) in [7, 11) is 3.29. The largest absolute Gasteiger partial charge is 0.497 e. The number of benzene rings is 1. The number of aromatic nitrogens is 2. The van der Waals surface area contributed by atoms with Crippen molar-refractivity contribution in [2.24, 2.45) is 0 Å². The Morgan fingerprint density at radius 3 is 2.57 bits per heavy atom. The molecule has 0 N–H and O–H groups in total. The van der Waals surface area contributed by atoms with Gasteiger partial charge < -0.3 is 9.47 Å². The molecule has 23 heavy (non-hydrogen) atoms. The van der Waals surface area contributed by atoms with Gasteiger partial charge in [0.05, 0.1) is 31.0 Å². The molecule has 0 amide bonds. The highest BCUT2D eigenvalue weighted by Gasteiger charge is 2.22. The van der Waals surface area contributed by atoms with Gasteiger partial charge in [-0.2, -0.15) is 0 Å². The van der Waals surface area contributed by atoms with E-state index in [1.165, 1.54) is 0 Å². The van der Waals surface area contributed by atoms with Crippen LogP contribution in [0.25, 0.3) is 16.9 Å². The van der Waals surface area contributed by atoms with Crippen LogP contribution in [0.5, 0.6) is 11.5 Å². The summed E-state index contributed by atoms with van der Waals surface area (Å²) in [6.45, 7) is 4.00. The second-order valence-corrected chi connectivity index (χ2v) is 6.04. The van der Waals surface area contributed by atoms with E-state index in [0.717, 1.165) is 39.8 Å². The van der Waals surface area contributed by atoms with Crippen LogP contribution >= 0.6 is 11.6 Å². The van der Waals surface area contributed by atoms with Crippen molar-refractivity contribution in [1.82, 2.24) is 9.38 Å². The lowest BCUT2D eigenvalue weighted by molar-refractivity contribution is 0.404. The van der Waals surface area contributed by atoms with Gasteiger partial charge >= 0.3 is 0 Å². The van der Waals surface area contributed by atoms with Gasteiger partial charge in [0.1, 0.15) is 17.1 Å². The van der Waals surface area contributed by atoms with E-state index in [4.69, 9.17) is 26.1 Å². The number of fused-ring (bicyclic) bond motifs is 1. The van der Waals surface area contributed by atoms with Crippen LogP contribution in [0.4, 0.5) is 0 Å². The molecule has 4 nitrogen and oxygen atoms in total. The second kappa shape index (κ2) is 6.13. The molecule has 0 aliphatic rings. The van der Waals surface area contributed by atoms with E-state index in [9.17, 15) is 0 Å². The maximum absolute atomic E-state index is 6.49. The summed E-state index contributed by atoms with van der Waals surface area (Å²) in [5.74, 6) is 1.49. The number of hydrogen-bond acceptors (Lipinski definition) is 3. The van der Waals surface area contributed by atoms with Gasteiger partial charge in [0, 0.05) is 11.3 Å². The first-order chi connectivity index (χ1) is 11.1. The van der Waals surface area contributed by atoms with Crippen molar-refractivity contribution in [2.75, 3.05) is 14.2 Å². The number of halogens is 1. The molecule has 0 aliphatic heterocycles. The van der Waals surface area contributed by atoms with Crippen molar-refractivity contribution in [3.05, 3.63) is 47.8 Å². The summed E-state index contributed by atoms with van der Waals surface area (Å²) < 4.78 is 13.0. The zero-order valence-electron chi connectivity index (χ0n) is 13.6. The number of alkyl halides is 1. The normalized spacial score (nSPS) is 12.4. The molecule has 2 heterocycles. The lowest BCUT2D eigenvalue weighted by Gasteiger charge is -2.12. The molecular formula is C18H19ClN2O2. The van der Waals surface area contributed by atoms with Crippen LogP contribution in [0.15, 0.2) is 36.4 Å². The smallest absolute Gasteiger partial charge is 0.137 e. The molecule has 3 aromatic rings. The Hall–Kier alpha value is -2.20. The maximum atomic E-state index is 6.49. The van der Waals surface area contributed by atoms with E-state index in [-0.39, 0.29) is 5.38 Å². The van der Waals surface area contributed by atoms with E-state index >= 15 is 0 Å². The van der Waals surface area contributed by atoms with Crippen molar-refractivity contribution in [3.8, 4) is 22.8 Å². The average Bonchev–Trinajstić information content (AvgIpc) is 2.95. The minimum Gasteiger partial charge on any atom is -0.497 e. The molecule has 1 unspecified atom stereocenters. The second-order valence-electron chi connectivity index (χ2n) is 5.39. The summed E-state index contributed by atoms with van der Waals surface area (Å²) in [5.41, 5.74) is 4.60. The van der Waals surface area contributed by atoms with E-state index in [0.29, 0.717) is 0 Å². The molecular weight excluding hydrogens is 312 g/mol. The van der Waals surface area contributed by atoms with Crippen molar-refractivity contribution < 1.29 is 9.47 Å². The summed E-state index contributed by atoms with van der Waals surface area (Å²) in [6.07, 6.45) is 0. The molecule has 0 bridgehead atoms. The topological polar surface area (TPSA) is 35.8 Å². The molecule has 5 heteroatoms. The minimum atomic E-state index is -0.197. The maximum Gasteiger partial charge on any atom is 0.137 e. The predicted octanol–water partition coefficient (Wildman–Crippen LogP) is 4.63. The van der Waals surface area contributed by atoms with Gasteiger partial charge in [-0.05, 0) is 44.2 Å². The van der Waals surface area contributed by atoms with Crippen LogP contribution in [0.1, 0.15) is 23.7 Å². The van der Waals surface area contributed by atoms with Crippen LogP contribution in [0.2, 0.25) is 0 Å². The SMILES string of the molecule is COc1ccc(OC)c(-c2nc3cccc(C)n3c2C(C)Cl)c1. The van der Waals surface area contributed by atoms with Gasteiger partial charge in [0.2, 0.25) is 0 Å². The molecule has 2 aromatic heterocycles. The molecule has 0 spiro atoms. The number of methoxy groups -OCH3 is 2. The van der Waals surface area contributed by atoms with Gasteiger partial charge in [-0.1, -0.05) is 6.07 Å². The highest BCUT2D eigenvalue weighted by molar-refractivity contribution is 6.20. The lowest BCUT2D eigenvalue weighted by atomic mass is 10.1. The van der Waals surface area contributed by atoms with E-state index in [1.54, 1.807) is 14.2 Å². The zero-order valence-corrected chi connectivity index (χ0v) is 14.4. The number of nitrogens with zero attached hydrogens (tertiary/aromatic N) is 2. The van der Waals surface area contributed by atoms with Crippen LogP contribution < -0.4 is 9.47 Å². The van der Waals surface area contributed by atoms with Crippen molar-refractivity contribution in [2.45, 2.75) is 19.2 Å². The third-order valence-electron chi connectivity index (χ3n) is 3.91. The fraction of sp³-hybridized carbons (Fsp3) is 0.278. The van der Waals surface area contributed by atoms with Crippen molar-refractivity contribution in [1.29, 1.82) is 0 Å². The van der Waals surface area contributed by atoms with E-state index in [1.807, 2.05) is 50.2 Å². The number of hydrogen-bond donors (Lipinski definition) is 0. The van der Waals surface area contributed by atoms with Crippen LogP contribution in [0.3, 0.4) is 0 Å². The van der Waals surface area contributed by atoms with Gasteiger partial charge in [0.25, 0.3) is 0 Å². The molecule has 0 aliphatic carbocycles. The summed E-state index contributed by atoms with van der Waals surface area (Å²) in [4.78, 5) is 4.79. The third kappa shape index (κ3) is 2.63. The first kappa shape index (κ1) is 15.7. The minimum absolute atomic E-state index is 0.197. The summed E-state index contributed by atoms with van der Waals surface area (Å²) in [6, 6.07) is 11.7. The Morgan fingerprint density at radius 2 is 1.91 bits per heavy atom. The monoisotopic (exact) mass is 330 g/mol. The van der Waals surface area contributed by atoms with Gasteiger partial charge in [-0.25, -0.2) is 4.98 Å². The number of aryl methyl sites for hydroxylation is 1. The number of rotatable bonds is 4. The first-order valence-corrected chi connectivity index (χ1v) is 7.85. The quantitative estimate of drug-likeness (QED) is 0.654. The van der Waals surface area contributed by atoms with Gasteiger partial charge in [0.15, 0.2) is 0 Å². The Labute approximate surface area is 140 Å². The molecule has 120 valence electrons. The van der Waals surface area contributed by atoms with Crippen molar-refractivity contribution in [3.63, 3.8) is 0 Å². The molecule has 0 radical (unpaired) electrons. The van der Waals surface area contributed by atoms with Crippen LogP contribution in [-0.4, -0.2) is 23.6 Å². The highest BCUT2D eigenvalue weighted by Crippen LogP contribution is 2.39. The molecule has 0 saturated carbocycles. The molecule has 0 fully saturated rings. The average molecular weight is 331 g/mol. The fourth-order valence-corrected chi connectivity index (χ4v) is 3.05. The van der Waals surface area contributed by atoms with Gasteiger partial charge in [-0.15, -0.1) is 11.6 Å². The van der Waals surface area contributed by atoms with Gasteiger partial charge in [-0.3, -0.25) is 4.40 Å². The Kier molecular flexibility index (Phi) is 4.18. The summed E-state index contributed by atoms with van der Waals surface area (Å²) >= 11 is 6.49. The molecule has 1 atom stereocenters. The Bertz CT molecular complexity index is 856.